The summed E-state index contributed by atoms with van der Waals surface area (Å²) in [5.74, 6) is -1.14. The van der Waals surface area contributed by atoms with Crippen molar-refractivity contribution in [3.63, 3.8) is 0 Å². The smallest absolute Gasteiger partial charge is 0.319 e. The fraction of sp³-hybridized carbons (Fsp3) is 0.541. The number of anilines is 2. The zero-order valence-electron chi connectivity index (χ0n) is 29.5. The molecule has 5 aliphatic rings. The molecule has 278 valence electrons. The molecule has 4 aromatic rings. The number of ether oxygens (including phenoxy) is 3. The van der Waals surface area contributed by atoms with Gasteiger partial charge in [-0.05, 0) is 50.3 Å². The summed E-state index contributed by atoms with van der Waals surface area (Å²) in [6, 6.07) is 2.10. The summed E-state index contributed by atoms with van der Waals surface area (Å²) < 4.78 is 65.3. The summed E-state index contributed by atoms with van der Waals surface area (Å²) in [5, 5.41) is 10.8. The maximum Gasteiger partial charge on any atom is 0.319 e. The monoisotopic (exact) mass is 748 g/mol. The highest BCUT2D eigenvalue weighted by Crippen LogP contribution is 2.48. The first kappa shape index (κ1) is 34.5. The molecular formula is C37H39F3N8O4S. The number of pyridine rings is 1. The van der Waals surface area contributed by atoms with Crippen LogP contribution in [0.1, 0.15) is 62.6 Å². The van der Waals surface area contributed by atoms with Crippen LogP contribution in [0.2, 0.25) is 0 Å². The van der Waals surface area contributed by atoms with Crippen molar-refractivity contribution < 1.29 is 32.2 Å². The number of benzene rings is 1. The molecule has 1 aromatic carbocycles. The highest BCUT2D eigenvalue weighted by atomic mass is 32.1. The lowest BCUT2D eigenvalue weighted by Gasteiger charge is -2.43. The van der Waals surface area contributed by atoms with Gasteiger partial charge < -0.3 is 24.8 Å². The molecule has 3 aromatic heterocycles. The summed E-state index contributed by atoms with van der Waals surface area (Å²) in [7, 11) is 0. The van der Waals surface area contributed by atoms with E-state index in [1.165, 1.54) is 6.92 Å². The lowest BCUT2D eigenvalue weighted by molar-refractivity contribution is -0.146. The number of nitriles is 1. The number of nitrogens with zero attached hydrogens (tertiary/aromatic N) is 7. The zero-order valence-corrected chi connectivity index (χ0v) is 30.3. The Morgan fingerprint density at radius 1 is 1.19 bits per heavy atom. The lowest BCUT2D eigenvalue weighted by atomic mass is 9.93. The maximum absolute atomic E-state index is 17.6. The molecule has 4 fully saturated rings. The van der Waals surface area contributed by atoms with Gasteiger partial charge in [-0.1, -0.05) is 0 Å². The zero-order chi connectivity index (χ0) is 36.8. The average molecular weight is 749 g/mol. The van der Waals surface area contributed by atoms with Crippen LogP contribution >= 0.6 is 11.3 Å². The lowest BCUT2D eigenvalue weighted by Crippen LogP contribution is -2.55. The number of thiophene rings is 1. The summed E-state index contributed by atoms with van der Waals surface area (Å²) >= 11 is 0.920. The first-order valence-electron chi connectivity index (χ1n) is 18.1. The van der Waals surface area contributed by atoms with Crippen LogP contribution in [0.4, 0.5) is 24.0 Å². The Bertz CT molecular complexity index is 2200. The molecule has 53 heavy (non-hydrogen) atoms. The van der Waals surface area contributed by atoms with E-state index in [4.69, 9.17) is 29.9 Å². The fourth-order valence-corrected chi connectivity index (χ4v) is 10.6. The molecular weight excluding hydrogens is 710 g/mol. The highest BCUT2D eigenvalue weighted by Gasteiger charge is 2.50. The molecule has 9 rings (SSSR count). The van der Waals surface area contributed by atoms with Gasteiger partial charge in [0.25, 0.3) is 0 Å². The van der Waals surface area contributed by atoms with E-state index in [0.29, 0.717) is 54.9 Å². The van der Waals surface area contributed by atoms with Gasteiger partial charge >= 0.3 is 12.0 Å². The molecule has 4 unspecified atom stereocenters. The maximum atomic E-state index is 17.6. The predicted octanol–water partition coefficient (Wildman–Crippen LogP) is 5.23. The van der Waals surface area contributed by atoms with Gasteiger partial charge in [-0.3, -0.25) is 19.6 Å². The van der Waals surface area contributed by atoms with E-state index in [-0.39, 0.29) is 87.4 Å². The van der Waals surface area contributed by atoms with Gasteiger partial charge in [0.1, 0.15) is 41.3 Å². The van der Waals surface area contributed by atoms with Crippen LogP contribution in [0, 0.1) is 23.0 Å². The van der Waals surface area contributed by atoms with Crippen LogP contribution in [-0.2, 0) is 27.5 Å². The molecule has 0 saturated carbocycles. The second kappa shape index (κ2) is 12.9. The van der Waals surface area contributed by atoms with Crippen LogP contribution in [-0.4, -0.2) is 99.9 Å². The van der Waals surface area contributed by atoms with E-state index in [1.54, 1.807) is 0 Å². The number of nitrogens with two attached hydrogens (primary N) is 1. The fourth-order valence-electron chi connectivity index (χ4n) is 9.70. The van der Waals surface area contributed by atoms with Crippen molar-refractivity contribution in [2.75, 3.05) is 50.0 Å². The number of likely N-dealkylation sites (tertiary alicyclic amines) is 1. The number of piperazine rings is 1. The van der Waals surface area contributed by atoms with E-state index in [2.05, 4.69) is 25.8 Å². The van der Waals surface area contributed by atoms with Crippen molar-refractivity contribution >= 4 is 49.1 Å². The molecule has 0 radical (unpaired) electrons. The van der Waals surface area contributed by atoms with E-state index < -0.39 is 23.3 Å². The second-order valence-electron chi connectivity index (χ2n) is 15.1. The molecule has 0 amide bonds. The number of alkyl halides is 1. The van der Waals surface area contributed by atoms with Crippen molar-refractivity contribution in [2.24, 2.45) is 0 Å². The standard InChI is InChI=1S/C37H39F3N8O4S/c1-18(52-19(2)49)11-46-13-21-4-5-22(14-46)48(21)35-29-25-16-50-15-24(25)27(31-28-23(9-41)34(42)53-33(28)26(39)10-43-31)30(40)32(29)44-36(45-35)51-17-37-6-3-7-47(37)12-20(38)8-37/h10,18,20-22H,3-8,11-17,42H2,1-2H3/t18?,20?,21?,22?,37-/m0/s1. The molecule has 5 aliphatic heterocycles. The summed E-state index contributed by atoms with van der Waals surface area (Å²) in [5.41, 5.74) is 7.10. The third-order valence-electron chi connectivity index (χ3n) is 11.7. The predicted molar refractivity (Wildman–Crippen MR) is 191 cm³/mol. The van der Waals surface area contributed by atoms with Gasteiger partial charge in [-0.2, -0.15) is 15.2 Å². The number of fused-ring (bicyclic) bond motifs is 7. The molecule has 16 heteroatoms. The molecule has 0 spiro atoms. The number of aromatic nitrogens is 3. The van der Waals surface area contributed by atoms with Crippen molar-refractivity contribution in [2.45, 2.75) is 89.1 Å². The second-order valence-corrected chi connectivity index (χ2v) is 16.2. The minimum atomic E-state index is -0.949. The number of nitrogen functional groups attached to an aromatic ring is 1. The number of carbonyl (C=O) groups excluding carboxylic acids is 1. The number of hydrogen-bond acceptors (Lipinski definition) is 13. The number of rotatable bonds is 8. The summed E-state index contributed by atoms with van der Waals surface area (Å²) in [6.07, 6.45) is 3.64. The molecule has 4 saturated heterocycles. The van der Waals surface area contributed by atoms with Crippen LogP contribution in [0.15, 0.2) is 6.20 Å². The summed E-state index contributed by atoms with van der Waals surface area (Å²) in [6.45, 7) is 6.79. The Morgan fingerprint density at radius 3 is 2.72 bits per heavy atom. The Kier molecular flexibility index (Phi) is 8.41. The Morgan fingerprint density at radius 2 is 1.96 bits per heavy atom. The average Bonchev–Trinajstić information content (AvgIpc) is 3.92. The van der Waals surface area contributed by atoms with Crippen molar-refractivity contribution in [3.8, 4) is 23.3 Å². The van der Waals surface area contributed by atoms with Crippen LogP contribution in [0.5, 0.6) is 6.01 Å². The largest absolute Gasteiger partial charge is 0.461 e. The number of hydrogen-bond donors (Lipinski definition) is 1. The topological polar surface area (TPSA) is 143 Å². The van der Waals surface area contributed by atoms with Crippen LogP contribution in [0.3, 0.4) is 0 Å². The SMILES string of the molecule is CC(=O)OC(C)CN1CC2CCC(C1)N2c1nc(OC[C@@]23CCCN2CC(F)C3)nc2c(F)c(-c3ncc(F)c4sc(N)c(C#N)c34)c3c(c12)COC3. The highest BCUT2D eigenvalue weighted by molar-refractivity contribution is 7.23. The Hall–Kier alpha value is -4.30. The normalized spacial score (nSPS) is 26.0. The molecule has 2 N–H and O–H groups in total. The van der Waals surface area contributed by atoms with Gasteiger partial charge in [0.2, 0.25) is 0 Å². The van der Waals surface area contributed by atoms with Crippen molar-refractivity contribution in [1.82, 2.24) is 24.8 Å². The molecule has 5 atom stereocenters. The number of halogens is 3. The van der Waals surface area contributed by atoms with Crippen molar-refractivity contribution in [1.29, 1.82) is 5.26 Å². The first-order valence-corrected chi connectivity index (χ1v) is 19.0. The van der Waals surface area contributed by atoms with E-state index >= 15 is 8.78 Å². The van der Waals surface area contributed by atoms with Gasteiger partial charge in [-0.25, -0.2) is 13.2 Å². The third-order valence-corrected chi connectivity index (χ3v) is 12.7. The van der Waals surface area contributed by atoms with Crippen LogP contribution < -0.4 is 15.4 Å². The minimum absolute atomic E-state index is 0.00566. The molecule has 2 bridgehead atoms. The van der Waals surface area contributed by atoms with Gasteiger partial charge in [0, 0.05) is 62.6 Å². The quantitative estimate of drug-likeness (QED) is 0.236. The number of carbonyl (C=O) groups is 1. The molecule has 12 nitrogen and oxygen atoms in total. The van der Waals surface area contributed by atoms with E-state index in [9.17, 15) is 14.4 Å². The molecule has 0 aliphatic carbocycles. The van der Waals surface area contributed by atoms with E-state index in [1.807, 2.05) is 6.92 Å². The first-order chi connectivity index (χ1) is 25.5. The van der Waals surface area contributed by atoms with Crippen molar-refractivity contribution in [3.05, 3.63) is 34.5 Å². The summed E-state index contributed by atoms with van der Waals surface area (Å²) in [4.78, 5) is 32.4. The minimum Gasteiger partial charge on any atom is -0.461 e. The van der Waals surface area contributed by atoms with Gasteiger partial charge in [0.15, 0.2) is 11.6 Å². The Balaban J connectivity index is 1.20. The van der Waals surface area contributed by atoms with E-state index in [0.717, 1.165) is 49.8 Å². The van der Waals surface area contributed by atoms with Gasteiger partial charge in [0.05, 0.1) is 46.3 Å². The Labute approximate surface area is 307 Å². The third kappa shape index (κ3) is 5.57. The molecule has 8 heterocycles. The van der Waals surface area contributed by atoms with Crippen LogP contribution in [0.25, 0.3) is 32.2 Å². The number of esters is 1. The van der Waals surface area contributed by atoms with Gasteiger partial charge in [-0.15, -0.1) is 11.3 Å².